The van der Waals surface area contributed by atoms with Gasteiger partial charge < -0.3 is 4.90 Å². The Hall–Kier alpha value is -1.84. The van der Waals surface area contributed by atoms with Gasteiger partial charge in [0.25, 0.3) is 5.91 Å². The molecular formula is C15H19N3O. The molecule has 19 heavy (non-hydrogen) atoms. The highest BCUT2D eigenvalue weighted by molar-refractivity contribution is 5.94. The maximum Gasteiger partial charge on any atom is 0.272 e. The van der Waals surface area contributed by atoms with Gasteiger partial charge in [-0.15, -0.1) is 0 Å². The smallest absolute Gasteiger partial charge is 0.272 e. The Labute approximate surface area is 113 Å². The van der Waals surface area contributed by atoms with E-state index in [9.17, 15) is 4.79 Å². The summed E-state index contributed by atoms with van der Waals surface area (Å²) < 4.78 is 1.90. The molecular weight excluding hydrogens is 238 g/mol. The van der Waals surface area contributed by atoms with E-state index in [1.54, 1.807) is 0 Å². The number of hydrogen-bond donors (Lipinski definition) is 0. The summed E-state index contributed by atoms with van der Waals surface area (Å²) in [5, 5.41) is 0. The third-order valence-corrected chi connectivity index (χ3v) is 3.85. The molecule has 0 aliphatic carbocycles. The molecule has 0 N–H and O–H groups in total. The second-order valence-corrected chi connectivity index (χ2v) is 5.47. The Morgan fingerprint density at radius 2 is 2.26 bits per heavy atom. The summed E-state index contributed by atoms with van der Waals surface area (Å²) in [5.41, 5.74) is 2.37. The van der Waals surface area contributed by atoms with Crippen molar-refractivity contribution >= 4 is 11.6 Å². The number of pyridine rings is 1. The van der Waals surface area contributed by atoms with Crippen molar-refractivity contribution in [2.45, 2.75) is 26.7 Å². The van der Waals surface area contributed by atoms with Crippen molar-refractivity contribution in [3.8, 4) is 0 Å². The van der Waals surface area contributed by atoms with Crippen LogP contribution in [-0.4, -0.2) is 33.3 Å². The molecule has 3 heterocycles. The van der Waals surface area contributed by atoms with Crippen LogP contribution in [0, 0.1) is 12.8 Å². The number of nitrogens with zero attached hydrogens (tertiary/aromatic N) is 3. The Kier molecular flexibility index (Phi) is 3.01. The van der Waals surface area contributed by atoms with Crippen molar-refractivity contribution in [3.05, 3.63) is 35.8 Å². The van der Waals surface area contributed by atoms with Gasteiger partial charge >= 0.3 is 0 Å². The third kappa shape index (κ3) is 2.11. The number of carbonyl (C=O) groups excluding carboxylic acids is 1. The first kappa shape index (κ1) is 12.2. The molecule has 1 atom stereocenters. The van der Waals surface area contributed by atoms with Crippen LogP contribution < -0.4 is 0 Å². The molecule has 1 aliphatic heterocycles. The van der Waals surface area contributed by atoms with Crippen molar-refractivity contribution < 1.29 is 4.79 Å². The Morgan fingerprint density at radius 3 is 3.05 bits per heavy atom. The SMILES string of the molecule is Cc1nc2ccccn2c1C(=O)N1CCCC(C)C1. The first-order chi connectivity index (χ1) is 9.16. The van der Waals surface area contributed by atoms with E-state index in [1.807, 2.05) is 40.6 Å². The fourth-order valence-electron chi connectivity index (χ4n) is 2.89. The van der Waals surface area contributed by atoms with Gasteiger partial charge in [-0.05, 0) is 37.8 Å². The van der Waals surface area contributed by atoms with E-state index in [2.05, 4.69) is 11.9 Å². The first-order valence-corrected chi connectivity index (χ1v) is 6.90. The van der Waals surface area contributed by atoms with Gasteiger partial charge in [0.1, 0.15) is 11.3 Å². The number of aryl methyl sites for hydroxylation is 1. The van der Waals surface area contributed by atoms with Crippen LogP contribution in [0.3, 0.4) is 0 Å². The molecule has 4 heteroatoms. The molecule has 0 aromatic carbocycles. The standard InChI is InChI=1S/C15H19N3O/c1-11-6-5-8-17(10-11)15(19)14-12(2)16-13-7-3-4-9-18(13)14/h3-4,7,9,11H,5-6,8,10H2,1-2H3. The van der Waals surface area contributed by atoms with Crippen molar-refractivity contribution in [1.82, 2.24) is 14.3 Å². The number of amides is 1. The molecule has 100 valence electrons. The fourth-order valence-corrected chi connectivity index (χ4v) is 2.89. The highest BCUT2D eigenvalue weighted by Gasteiger charge is 2.25. The molecule has 0 bridgehead atoms. The Balaban J connectivity index is 1.99. The summed E-state index contributed by atoms with van der Waals surface area (Å²) in [6, 6.07) is 5.81. The quantitative estimate of drug-likeness (QED) is 0.787. The van der Waals surface area contributed by atoms with Crippen LogP contribution in [0.2, 0.25) is 0 Å². The number of aromatic nitrogens is 2. The maximum absolute atomic E-state index is 12.7. The highest BCUT2D eigenvalue weighted by Crippen LogP contribution is 2.20. The molecule has 0 radical (unpaired) electrons. The zero-order valence-corrected chi connectivity index (χ0v) is 11.5. The Morgan fingerprint density at radius 1 is 1.42 bits per heavy atom. The van der Waals surface area contributed by atoms with Crippen LogP contribution in [0.4, 0.5) is 0 Å². The lowest BCUT2D eigenvalue weighted by atomic mass is 10.00. The van der Waals surface area contributed by atoms with E-state index in [4.69, 9.17) is 0 Å². The number of piperidine rings is 1. The number of fused-ring (bicyclic) bond motifs is 1. The van der Waals surface area contributed by atoms with E-state index in [1.165, 1.54) is 6.42 Å². The minimum atomic E-state index is 0.114. The van der Waals surface area contributed by atoms with E-state index in [-0.39, 0.29) is 5.91 Å². The lowest BCUT2D eigenvalue weighted by Gasteiger charge is -2.30. The van der Waals surface area contributed by atoms with E-state index >= 15 is 0 Å². The topological polar surface area (TPSA) is 37.6 Å². The molecule has 1 fully saturated rings. The summed E-state index contributed by atoms with van der Waals surface area (Å²) in [7, 11) is 0. The van der Waals surface area contributed by atoms with E-state index in [0.717, 1.165) is 30.9 Å². The molecule has 2 aromatic rings. The highest BCUT2D eigenvalue weighted by atomic mass is 16.2. The van der Waals surface area contributed by atoms with Gasteiger partial charge in [0, 0.05) is 19.3 Å². The second kappa shape index (κ2) is 4.68. The van der Waals surface area contributed by atoms with Gasteiger partial charge in [0.05, 0.1) is 5.69 Å². The summed E-state index contributed by atoms with van der Waals surface area (Å²) in [4.78, 5) is 19.1. The monoisotopic (exact) mass is 257 g/mol. The van der Waals surface area contributed by atoms with Gasteiger partial charge in [-0.1, -0.05) is 13.0 Å². The summed E-state index contributed by atoms with van der Waals surface area (Å²) in [6.45, 7) is 5.84. The molecule has 2 aromatic heterocycles. The van der Waals surface area contributed by atoms with Crippen molar-refractivity contribution in [2.75, 3.05) is 13.1 Å². The van der Waals surface area contributed by atoms with Gasteiger partial charge in [-0.25, -0.2) is 4.98 Å². The predicted molar refractivity (Wildman–Crippen MR) is 74.2 cm³/mol. The average molecular weight is 257 g/mol. The van der Waals surface area contributed by atoms with Gasteiger partial charge in [-0.3, -0.25) is 9.20 Å². The number of rotatable bonds is 1. The minimum Gasteiger partial charge on any atom is -0.337 e. The Bertz CT molecular complexity index is 617. The van der Waals surface area contributed by atoms with Crippen LogP contribution in [0.25, 0.3) is 5.65 Å². The summed E-state index contributed by atoms with van der Waals surface area (Å²) in [5.74, 6) is 0.708. The molecule has 3 rings (SSSR count). The van der Waals surface area contributed by atoms with Gasteiger partial charge in [-0.2, -0.15) is 0 Å². The predicted octanol–water partition coefficient (Wildman–Crippen LogP) is 2.51. The number of likely N-dealkylation sites (tertiary alicyclic amines) is 1. The number of hydrogen-bond acceptors (Lipinski definition) is 2. The molecule has 0 spiro atoms. The van der Waals surface area contributed by atoms with E-state index < -0.39 is 0 Å². The molecule has 1 amide bonds. The second-order valence-electron chi connectivity index (χ2n) is 5.47. The largest absolute Gasteiger partial charge is 0.337 e. The third-order valence-electron chi connectivity index (χ3n) is 3.85. The van der Waals surface area contributed by atoms with Crippen LogP contribution in [0.1, 0.15) is 35.9 Å². The first-order valence-electron chi connectivity index (χ1n) is 6.90. The van der Waals surface area contributed by atoms with E-state index in [0.29, 0.717) is 11.6 Å². The fraction of sp³-hybridized carbons (Fsp3) is 0.467. The number of imidazole rings is 1. The zero-order chi connectivity index (χ0) is 13.4. The molecule has 1 unspecified atom stereocenters. The molecule has 0 saturated carbocycles. The lowest BCUT2D eigenvalue weighted by molar-refractivity contribution is 0.0675. The summed E-state index contributed by atoms with van der Waals surface area (Å²) >= 11 is 0. The maximum atomic E-state index is 12.7. The van der Waals surface area contributed by atoms with Crippen LogP contribution >= 0.6 is 0 Å². The summed E-state index contributed by atoms with van der Waals surface area (Å²) in [6.07, 6.45) is 4.23. The van der Waals surface area contributed by atoms with Crippen molar-refractivity contribution in [1.29, 1.82) is 0 Å². The molecule has 1 aliphatic rings. The lowest BCUT2D eigenvalue weighted by Crippen LogP contribution is -2.39. The van der Waals surface area contributed by atoms with Gasteiger partial charge in [0.15, 0.2) is 0 Å². The van der Waals surface area contributed by atoms with Crippen LogP contribution in [0.5, 0.6) is 0 Å². The van der Waals surface area contributed by atoms with Gasteiger partial charge in [0.2, 0.25) is 0 Å². The number of carbonyl (C=O) groups is 1. The van der Waals surface area contributed by atoms with Crippen molar-refractivity contribution in [2.24, 2.45) is 5.92 Å². The van der Waals surface area contributed by atoms with Crippen LogP contribution in [0.15, 0.2) is 24.4 Å². The van der Waals surface area contributed by atoms with Crippen molar-refractivity contribution in [3.63, 3.8) is 0 Å². The zero-order valence-electron chi connectivity index (χ0n) is 11.5. The minimum absolute atomic E-state index is 0.114. The molecule has 4 nitrogen and oxygen atoms in total. The van der Waals surface area contributed by atoms with Crippen LogP contribution in [-0.2, 0) is 0 Å². The normalized spacial score (nSPS) is 19.9. The average Bonchev–Trinajstić information content (AvgIpc) is 2.74. The molecule has 1 saturated heterocycles.